The molecule has 0 heterocycles. The molecule has 0 aliphatic carbocycles. The van der Waals surface area contributed by atoms with Gasteiger partial charge in [0.05, 0.1) is 19.1 Å². The van der Waals surface area contributed by atoms with Crippen LogP contribution in [-0.2, 0) is 4.79 Å². The van der Waals surface area contributed by atoms with Crippen molar-refractivity contribution in [3.63, 3.8) is 0 Å². The Hall–Kier alpha value is -1.75. The predicted octanol–water partition coefficient (Wildman–Crippen LogP) is 2.34. The molecule has 0 aliphatic rings. The lowest BCUT2D eigenvalue weighted by molar-refractivity contribution is -0.131. The minimum atomic E-state index is -0.482. The molecule has 0 radical (unpaired) electrons. The molecule has 0 saturated carbocycles. The van der Waals surface area contributed by atoms with Crippen molar-refractivity contribution in [3.05, 3.63) is 24.3 Å². The summed E-state index contributed by atoms with van der Waals surface area (Å²) in [6.45, 7) is 6.68. The molecule has 5 nitrogen and oxygen atoms in total. The fraction of sp³-hybridized carbons (Fsp3) is 0.588. The van der Waals surface area contributed by atoms with Crippen LogP contribution >= 0.6 is 0 Å². The Labute approximate surface area is 133 Å². The highest BCUT2D eigenvalue weighted by molar-refractivity contribution is 5.82. The van der Waals surface area contributed by atoms with Crippen molar-refractivity contribution in [2.24, 2.45) is 11.1 Å². The van der Waals surface area contributed by atoms with E-state index in [2.05, 4.69) is 5.32 Å². The zero-order valence-corrected chi connectivity index (χ0v) is 14.0. The highest BCUT2D eigenvalue weighted by atomic mass is 16.5. The van der Waals surface area contributed by atoms with Crippen LogP contribution in [0.5, 0.6) is 11.5 Å². The van der Waals surface area contributed by atoms with Crippen molar-refractivity contribution in [2.45, 2.75) is 39.7 Å². The number of rotatable bonds is 9. The van der Waals surface area contributed by atoms with Crippen LogP contribution in [0.4, 0.5) is 0 Å². The smallest absolute Gasteiger partial charge is 0.227 e. The maximum atomic E-state index is 12.4. The van der Waals surface area contributed by atoms with E-state index < -0.39 is 5.41 Å². The molecule has 1 atom stereocenters. The number of nitrogens with one attached hydrogen (secondary N) is 1. The first-order valence-corrected chi connectivity index (χ1v) is 7.81. The number of nitrogens with two attached hydrogens (primary N) is 1. The highest BCUT2D eigenvalue weighted by Crippen LogP contribution is 2.27. The number of ether oxygens (including phenoxy) is 2. The Morgan fingerprint density at radius 3 is 2.36 bits per heavy atom. The van der Waals surface area contributed by atoms with E-state index in [9.17, 15) is 4.79 Å². The SMILES string of the molecule is CCC(CC)(CN)C(=O)NCC(C)Oc1ccccc1OC. The van der Waals surface area contributed by atoms with E-state index in [1.54, 1.807) is 7.11 Å². The summed E-state index contributed by atoms with van der Waals surface area (Å²) >= 11 is 0. The molecule has 5 heteroatoms. The standard InChI is InChI=1S/C17H28N2O3/c1-5-17(6-2,12-18)16(20)19-11-13(3)22-15-10-8-7-9-14(15)21-4/h7-10,13H,5-6,11-12,18H2,1-4H3,(H,19,20). The van der Waals surface area contributed by atoms with E-state index in [1.165, 1.54) is 0 Å². The number of methoxy groups -OCH3 is 1. The quantitative estimate of drug-likeness (QED) is 0.734. The first-order valence-electron chi connectivity index (χ1n) is 7.81. The highest BCUT2D eigenvalue weighted by Gasteiger charge is 2.33. The normalized spacial score (nSPS) is 12.6. The molecule has 3 N–H and O–H groups in total. The van der Waals surface area contributed by atoms with Gasteiger partial charge in [-0.25, -0.2) is 0 Å². The Kier molecular flexibility index (Phi) is 7.18. The zero-order chi connectivity index (χ0) is 16.6. The van der Waals surface area contributed by atoms with E-state index in [1.807, 2.05) is 45.0 Å². The van der Waals surface area contributed by atoms with E-state index in [-0.39, 0.29) is 12.0 Å². The molecule has 1 aromatic rings. The van der Waals surface area contributed by atoms with Gasteiger partial charge in [0.25, 0.3) is 0 Å². The summed E-state index contributed by atoms with van der Waals surface area (Å²) in [6.07, 6.45) is 1.30. The van der Waals surface area contributed by atoms with Gasteiger partial charge in [-0.05, 0) is 31.9 Å². The largest absolute Gasteiger partial charge is 0.493 e. The molecule has 0 aromatic heterocycles. The van der Waals surface area contributed by atoms with Gasteiger partial charge in [-0.15, -0.1) is 0 Å². The second-order valence-corrected chi connectivity index (χ2v) is 5.48. The van der Waals surface area contributed by atoms with Crippen molar-refractivity contribution in [1.82, 2.24) is 5.32 Å². The molecule has 1 aromatic carbocycles. The van der Waals surface area contributed by atoms with Gasteiger partial charge in [0.1, 0.15) is 6.10 Å². The van der Waals surface area contributed by atoms with Crippen LogP contribution in [0.1, 0.15) is 33.6 Å². The summed E-state index contributed by atoms with van der Waals surface area (Å²) in [6, 6.07) is 7.46. The van der Waals surface area contributed by atoms with Gasteiger partial charge in [-0.1, -0.05) is 26.0 Å². The number of para-hydroxylation sites is 2. The number of amides is 1. The Morgan fingerprint density at radius 1 is 1.27 bits per heavy atom. The van der Waals surface area contributed by atoms with Gasteiger partial charge in [0, 0.05) is 6.54 Å². The summed E-state index contributed by atoms with van der Waals surface area (Å²) in [4.78, 5) is 12.4. The van der Waals surface area contributed by atoms with Crippen molar-refractivity contribution in [2.75, 3.05) is 20.2 Å². The minimum absolute atomic E-state index is 0.00419. The third kappa shape index (κ3) is 4.37. The maximum Gasteiger partial charge on any atom is 0.227 e. The van der Waals surface area contributed by atoms with Gasteiger partial charge in [0.2, 0.25) is 5.91 Å². The third-order valence-electron chi connectivity index (χ3n) is 4.17. The second kappa shape index (κ2) is 8.63. The molecular formula is C17H28N2O3. The molecular weight excluding hydrogens is 280 g/mol. The number of hydrogen-bond acceptors (Lipinski definition) is 4. The van der Waals surface area contributed by atoms with Gasteiger partial charge >= 0.3 is 0 Å². The monoisotopic (exact) mass is 308 g/mol. The topological polar surface area (TPSA) is 73.6 Å². The summed E-state index contributed by atoms with van der Waals surface area (Å²) in [5.41, 5.74) is 5.31. The Bertz CT molecular complexity index is 464. The molecule has 0 bridgehead atoms. The van der Waals surface area contributed by atoms with Crippen molar-refractivity contribution in [3.8, 4) is 11.5 Å². The van der Waals surface area contributed by atoms with Crippen LogP contribution in [0.2, 0.25) is 0 Å². The average Bonchev–Trinajstić information content (AvgIpc) is 2.55. The van der Waals surface area contributed by atoms with Crippen LogP contribution < -0.4 is 20.5 Å². The summed E-state index contributed by atoms with van der Waals surface area (Å²) in [5.74, 6) is 1.34. The molecule has 0 aliphatic heterocycles. The predicted molar refractivity (Wildman–Crippen MR) is 88.2 cm³/mol. The number of hydrogen-bond donors (Lipinski definition) is 2. The van der Waals surface area contributed by atoms with Crippen molar-refractivity contribution in [1.29, 1.82) is 0 Å². The van der Waals surface area contributed by atoms with Crippen molar-refractivity contribution >= 4 is 5.91 Å². The maximum absolute atomic E-state index is 12.4. The Balaban J connectivity index is 2.59. The molecule has 1 rings (SSSR count). The lowest BCUT2D eigenvalue weighted by Crippen LogP contribution is -2.47. The van der Waals surface area contributed by atoms with Crippen LogP contribution in [0.15, 0.2) is 24.3 Å². The first-order chi connectivity index (χ1) is 10.5. The van der Waals surface area contributed by atoms with Crippen LogP contribution in [0.3, 0.4) is 0 Å². The summed E-state index contributed by atoms with van der Waals surface area (Å²) < 4.78 is 11.1. The fourth-order valence-electron chi connectivity index (χ4n) is 2.35. The molecule has 0 fully saturated rings. The van der Waals surface area contributed by atoms with E-state index >= 15 is 0 Å². The van der Waals surface area contributed by atoms with E-state index in [0.717, 1.165) is 12.8 Å². The molecule has 0 spiro atoms. The van der Waals surface area contributed by atoms with Crippen LogP contribution in [0.25, 0.3) is 0 Å². The van der Waals surface area contributed by atoms with Gasteiger partial charge in [-0.2, -0.15) is 0 Å². The lowest BCUT2D eigenvalue weighted by atomic mass is 9.81. The first kappa shape index (κ1) is 18.3. The number of carbonyl (C=O) groups is 1. The lowest BCUT2D eigenvalue weighted by Gasteiger charge is -2.29. The van der Waals surface area contributed by atoms with Gasteiger partial charge in [0.15, 0.2) is 11.5 Å². The molecule has 1 unspecified atom stereocenters. The van der Waals surface area contributed by atoms with Crippen molar-refractivity contribution < 1.29 is 14.3 Å². The van der Waals surface area contributed by atoms with Gasteiger partial charge in [-0.3, -0.25) is 4.79 Å². The summed E-state index contributed by atoms with van der Waals surface area (Å²) in [5, 5.41) is 2.95. The van der Waals surface area contributed by atoms with Gasteiger partial charge < -0.3 is 20.5 Å². The third-order valence-corrected chi connectivity index (χ3v) is 4.17. The van der Waals surface area contributed by atoms with Crippen LogP contribution in [-0.4, -0.2) is 32.2 Å². The molecule has 22 heavy (non-hydrogen) atoms. The summed E-state index contributed by atoms with van der Waals surface area (Å²) in [7, 11) is 1.60. The zero-order valence-electron chi connectivity index (χ0n) is 14.0. The Morgan fingerprint density at radius 2 is 1.86 bits per heavy atom. The molecule has 1 amide bonds. The minimum Gasteiger partial charge on any atom is -0.493 e. The average molecular weight is 308 g/mol. The fourth-order valence-corrected chi connectivity index (χ4v) is 2.35. The second-order valence-electron chi connectivity index (χ2n) is 5.48. The van der Waals surface area contributed by atoms with Crippen LogP contribution in [0, 0.1) is 5.41 Å². The molecule has 0 saturated heterocycles. The number of benzene rings is 1. The number of carbonyl (C=O) groups excluding carboxylic acids is 1. The molecule has 124 valence electrons. The van der Waals surface area contributed by atoms with E-state index in [0.29, 0.717) is 24.6 Å². The van der Waals surface area contributed by atoms with E-state index in [4.69, 9.17) is 15.2 Å².